The quantitative estimate of drug-likeness (QED) is 0.537. The van der Waals surface area contributed by atoms with Gasteiger partial charge in [-0.25, -0.2) is 0 Å². The van der Waals surface area contributed by atoms with Crippen molar-refractivity contribution >= 4 is 8.07 Å². The molecule has 0 bridgehead atoms. The normalized spacial score (nSPS) is 35.5. The van der Waals surface area contributed by atoms with Gasteiger partial charge in [0.1, 0.15) is 0 Å². The molecule has 2 atom stereocenters. The van der Waals surface area contributed by atoms with Crippen molar-refractivity contribution in [2.75, 3.05) is 0 Å². The maximum absolute atomic E-state index is 2.58. The van der Waals surface area contributed by atoms with E-state index in [1.54, 1.807) is 6.04 Å². The van der Waals surface area contributed by atoms with Gasteiger partial charge in [0, 0.05) is 0 Å². The Morgan fingerprint density at radius 2 is 1.83 bits per heavy atom. The average Bonchev–Trinajstić information content (AvgIpc) is 1.94. The van der Waals surface area contributed by atoms with Crippen LogP contribution < -0.4 is 0 Å². The molecule has 0 aromatic carbocycles. The van der Waals surface area contributed by atoms with E-state index in [4.69, 9.17) is 0 Å². The van der Waals surface area contributed by atoms with E-state index in [0.717, 1.165) is 17.4 Å². The van der Waals surface area contributed by atoms with Gasteiger partial charge in [0.05, 0.1) is 8.07 Å². The average molecular weight is 184 g/mol. The van der Waals surface area contributed by atoms with Gasteiger partial charge in [-0.15, -0.1) is 0 Å². The number of hydrogen-bond donors (Lipinski definition) is 0. The molecule has 0 amide bonds. The van der Waals surface area contributed by atoms with Gasteiger partial charge >= 0.3 is 0 Å². The Labute approximate surface area is 78.8 Å². The van der Waals surface area contributed by atoms with Crippen LogP contribution in [0.2, 0.25) is 24.7 Å². The Kier molecular flexibility index (Phi) is 3.03. The highest BCUT2D eigenvalue weighted by atomic mass is 28.3. The molecule has 72 valence electrons. The molecule has 1 saturated heterocycles. The molecule has 0 aromatic rings. The molecule has 1 heteroatoms. The summed E-state index contributed by atoms with van der Waals surface area (Å²) in [5, 5.41) is 0. The third-order valence-electron chi connectivity index (χ3n) is 4.09. The molecule has 1 fully saturated rings. The lowest BCUT2D eigenvalue weighted by atomic mass is 9.88. The smallest absolute Gasteiger partial charge is 0.0504 e. The minimum atomic E-state index is -0.820. The lowest BCUT2D eigenvalue weighted by Gasteiger charge is -2.42. The van der Waals surface area contributed by atoms with Crippen LogP contribution in [0.4, 0.5) is 0 Å². The molecular weight excluding hydrogens is 160 g/mol. The topological polar surface area (TPSA) is 0 Å². The molecule has 12 heavy (non-hydrogen) atoms. The van der Waals surface area contributed by atoms with Gasteiger partial charge in [0.25, 0.3) is 0 Å². The first-order valence-electron chi connectivity index (χ1n) is 5.45. The SMILES string of the molecule is CC(C)C1CCC[Si](C)(C)C1C. The Bertz CT molecular complexity index is 149. The van der Waals surface area contributed by atoms with E-state index in [2.05, 4.69) is 33.9 Å². The van der Waals surface area contributed by atoms with Crippen LogP contribution in [0.25, 0.3) is 0 Å². The monoisotopic (exact) mass is 184 g/mol. The molecule has 1 aliphatic rings. The van der Waals surface area contributed by atoms with Crippen LogP contribution in [0.1, 0.15) is 33.6 Å². The molecule has 1 rings (SSSR count). The predicted octanol–water partition coefficient (Wildman–Crippen LogP) is 4.15. The van der Waals surface area contributed by atoms with E-state index in [9.17, 15) is 0 Å². The van der Waals surface area contributed by atoms with Gasteiger partial charge < -0.3 is 0 Å². The van der Waals surface area contributed by atoms with Gasteiger partial charge in [-0.2, -0.15) is 0 Å². The molecule has 0 spiro atoms. The highest BCUT2D eigenvalue weighted by Gasteiger charge is 2.38. The zero-order chi connectivity index (χ0) is 9.35. The molecule has 0 aromatic heterocycles. The summed E-state index contributed by atoms with van der Waals surface area (Å²) in [5.41, 5.74) is 1.05. The van der Waals surface area contributed by atoms with Crippen LogP contribution in [0.15, 0.2) is 0 Å². The Morgan fingerprint density at radius 1 is 1.25 bits per heavy atom. The molecule has 1 heterocycles. The Hall–Kier alpha value is 0.217. The van der Waals surface area contributed by atoms with E-state index < -0.39 is 8.07 Å². The van der Waals surface area contributed by atoms with Crippen molar-refractivity contribution in [3.63, 3.8) is 0 Å². The summed E-state index contributed by atoms with van der Waals surface area (Å²) in [6.07, 6.45) is 3.00. The number of rotatable bonds is 1. The summed E-state index contributed by atoms with van der Waals surface area (Å²) in [7, 11) is -0.820. The van der Waals surface area contributed by atoms with Crippen LogP contribution in [0.5, 0.6) is 0 Å². The fourth-order valence-electron chi connectivity index (χ4n) is 2.76. The van der Waals surface area contributed by atoms with Gasteiger partial charge in [-0.05, 0) is 17.4 Å². The van der Waals surface area contributed by atoms with Crippen LogP contribution in [-0.2, 0) is 0 Å². The first-order valence-corrected chi connectivity index (χ1v) is 8.73. The van der Waals surface area contributed by atoms with E-state index in [-0.39, 0.29) is 0 Å². The second kappa shape index (κ2) is 3.53. The lowest BCUT2D eigenvalue weighted by Crippen LogP contribution is -2.40. The fraction of sp³-hybridized carbons (Fsp3) is 1.00. The van der Waals surface area contributed by atoms with E-state index >= 15 is 0 Å². The van der Waals surface area contributed by atoms with E-state index in [1.165, 1.54) is 12.8 Å². The molecule has 0 N–H and O–H groups in total. The second-order valence-corrected chi connectivity index (χ2v) is 11.0. The van der Waals surface area contributed by atoms with Crippen molar-refractivity contribution in [1.82, 2.24) is 0 Å². The standard InChI is InChI=1S/C11H24Si/c1-9(2)11-7-6-8-12(4,5)10(11)3/h9-11H,6-8H2,1-5H3. The third kappa shape index (κ3) is 1.93. The van der Waals surface area contributed by atoms with Gasteiger partial charge in [0.2, 0.25) is 0 Å². The van der Waals surface area contributed by atoms with Gasteiger partial charge in [-0.3, -0.25) is 0 Å². The minimum absolute atomic E-state index is 0.820. The van der Waals surface area contributed by atoms with Crippen LogP contribution in [0.3, 0.4) is 0 Å². The predicted molar refractivity (Wildman–Crippen MR) is 59.3 cm³/mol. The maximum atomic E-state index is 2.58. The van der Waals surface area contributed by atoms with Crippen molar-refractivity contribution in [1.29, 1.82) is 0 Å². The molecule has 0 nitrogen and oxygen atoms in total. The first-order chi connectivity index (χ1) is 5.45. The summed E-state index contributed by atoms with van der Waals surface area (Å²) in [6.45, 7) is 12.5. The van der Waals surface area contributed by atoms with Crippen molar-refractivity contribution < 1.29 is 0 Å². The zero-order valence-electron chi connectivity index (χ0n) is 9.35. The molecule has 0 saturated carbocycles. The molecule has 2 unspecified atom stereocenters. The van der Waals surface area contributed by atoms with Crippen molar-refractivity contribution in [3.05, 3.63) is 0 Å². The van der Waals surface area contributed by atoms with Crippen molar-refractivity contribution in [2.24, 2.45) is 11.8 Å². The molecule has 0 radical (unpaired) electrons. The fourth-order valence-corrected chi connectivity index (χ4v) is 6.04. The second-order valence-electron chi connectivity index (χ2n) is 5.58. The molecular formula is C11H24Si. The zero-order valence-corrected chi connectivity index (χ0v) is 10.4. The molecule has 0 aliphatic carbocycles. The molecule has 1 aliphatic heterocycles. The van der Waals surface area contributed by atoms with E-state index in [1.807, 2.05) is 0 Å². The van der Waals surface area contributed by atoms with Gasteiger partial charge in [-0.1, -0.05) is 52.8 Å². The summed E-state index contributed by atoms with van der Waals surface area (Å²) >= 11 is 0. The van der Waals surface area contributed by atoms with E-state index in [0.29, 0.717) is 0 Å². The minimum Gasteiger partial charge on any atom is -0.0691 e. The Morgan fingerprint density at radius 3 is 2.25 bits per heavy atom. The third-order valence-corrected chi connectivity index (χ3v) is 8.63. The summed E-state index contributed by atoms with van der Waals surface area (Å²) in [4.78, 5) is 0. The van der Waals surface area contributed by atoms with Crippen molar-refractivity contribution in [3.8, 4) is 0 Å². The highest BCUT2D eigenvalue weighted by molar-refractivity contribution is 6.78. The summed E-state index contributed by atoms with van der Waals surface area (Å²) < 4.78 is 0. The van der Waals surface area contributed by atoms with Crippen LogP contribution in [0, 0.1) is 11.8 Å². The Balaban J connectivity index is 2.66. The lowest BCUT2D eigenvalue weighted by molar-refractivity contribution is 0.324. The number of hydrogen-bond acceptors (Lipinski definition) is 0. The maximum Gasteiger partial charge on any atom is 0.0504 e. The van der Waals surface area contributed by atoms with Crippen LogP contribution in [-0.4, -0.2) is 8.07 Å². The van der Waals surface area contributed by atoms with Crippen LogP contribution >= 0.6 is 0 Å². The van der Waals surface area contributed by atoms with Gasteiger partial charge in [0.15, 0.2) is 0 Å². The highest BCUT2D eigenvalue weighted by Crippen LogP contribution is 2.44. The largest absolute Gasteiger partial charge is 0.0691 e. The first kappa shape index (κ1) is 10.3. The van der Waals surface area contributed by atoms with Crippen molar-refractivity contribution in [2.45, 2.75) is 58.3 Å². The summed E-state index contributed by atoms with van der Waals surface area (Å²) in [5.74, 6) is 1.94. The summed E-state index contributed by atoms with van der Waals surface area (Å²) in [6, 6.07) is 1.57.